The van der Waals surface area contributed by atoms with E-state index >= 15 is 0 Å². The second kappa shape index (κ2) is 6.15. The lowest BCUT2D eigenvalue weighted by Gasteiger charge is -2.23. The smallest absolute Gasteiger partial charge is 0.326 e. The number of hydrogen-bond donors (Lipinski definition) is 2. The molecule has 5 heteroatoms. The molecular formula is C11H20N2O3. The molecule has 0 heterocycles. The van der Waals surface area contributed by atoms with Crippen molar-refractivity contribution in [2.45, 2.75) is 26.8 Å². The zero-order valence-electron chi connectivity index (χ0n) is 10.3. The average Bonchev–Trinajstić information content (AvgIpc) is 2.11. The molecule has 92 valence electrons. The van der Waals surface area contributed by atoms with Gasteiger partial charge in [0.25, 0.3) is 0 Å². The summed E-state index contributed by atoms with van der Waals surface area (Å²) in [6, 6.07) is -1.26. The lowest BCUT2D eigenvalue weighted by molar-refractivity contribution is -0.140. The van der Waals surface area contributed by atoms with Gasteiger partial charge in [0, 0.05) is 13.6 Å². The topological polar surface area (TPSA) is 69.6 Å². The minimum Gasteiger partial charge on any atom is -0.480 e. The summed E-state index contributed by atoms with van der Waals surface area (Å²) in [5.74, 6) is -1.17. The molecule has 0 aromatic carbocycles. The summed E-state index contributed by atoms with van der Waals surface area (Å²) < 4.78 is 0. The molecule has 0 bridgehead atoms. The maximum absolute atomic E-state index is 11.6. The van der Waals surface area contributed by atoms with Gasteiger partial charge in [0.2, 0.25) is 0 Å². The highest BCUT2D eigenvalue weighted by molar-refractivity contribution is 5.82. The molecule has 5 nitrogen and oxygen atoms in total. The van der Waals surface area contributed by atoms with Crippen LogP contribution in [0.3, 0.4) is 0 Å². The zero-order chi connectivity index (χ0) is 12.9. The summed E-state index contributed by atoms with van der Waals surface area (Å²) >= 11 is 0. The van der Waals surface area contributed by atoms with Gasteiger partial charge < -0.3 is 15.3 Å². The lowest BCUT2D eigenvalue weighted by atomic mass is 10.1. The predicted molar refractivity (Wildman–Crippen MR) is 62.2 cm³/mol. The molecule has 2 N–H and O–H groups in total. The van der Waals surface area contributed by atoms with Crippen molar-refractivity contribution in [3.8, 4) is 0 Å². The fourth-order valence-electron chi connectivity index (χ4n) is 1.23. The first-order valence-electron chi connectivity index (χ1n) is 5.14. The molecule has 0 aromatic heterocycles. The van der Waals surface area contributed by atoms with Gasteiger partial charge >= 0.3 is 12.0 Å². The van der Waals surface area contributed by atoms with Crippen molar-refractivity contribution in [2.24, 2.45) is 5.92 Å². The highest BCUT2D eigenvalue weighted by Crippen LogP contribution is 2.03. The molecular weight excluding hydrogens is 208 g/mol. The van der Waals surface area contributed by atoms with Crippen LogP contribution >= 0.6 is 0 Å². The molecule has 0 aliphatic carbocycles. The summed E-state index contributed by atoms with van der Waals surface area (Å²) in [6.45, 7) is 9.40. The standard InChI is InChI=1S/C11H20N2O3/c1-7(2)6-13(5)11(16)12-9(8(3)4)10(14)15/h8-9H,1,6H2,2-5H3,(H,12,16)(H,14,15)/t9-/m1/s1. The number of carboxylic acids is 1. The Hall–Kier alpha value is -1.52. The Morgan fingerprint density at radius 3 is 2.25 bits per heavy atom. The van der Waals surface area contributed by atoms with Crippen molar-refractivity contribution in [1.82, 2.24) is 10.2 Å². The number of likely N-dealkylation sites (N-methyl/N-ethyl adjacent to an activating group) is 1. The van der Waals surface area contributed by atoms with E-state index in [-0.39, 0.29) is 5.92 Å². The summed E-state index contributed by atoms with van der Waals surface area (Å²) in [6.07, 6.45) is 0. The average molecular weight is 228 g/mol. The predicted octanol–water partition coefficient (Wildman–Crippen LogP) is 1.31. The van der Waals surface area contributed by atoms with Gasteiger partial charge in [0.15, 0.2) is 0 Å². The zero-order valence-corrected chi connectivity index (χ0v) is 10.3. The van der Waals surface area contributed by atoms with E-state index in [1.54, 1.807) is 27.8 Å². The molecule has 0 aromatic rings. The number of carboxylic acid groups (broad SMARTS) is 1. The van der Waals surface area contributed by atoms with E-state index in [2.05, 4.69) is 11.9 Å². The number of nitrogens with one attached hydrogen (secondary N) is 1. The molecule has 0 radical (unpaired) electrons. The van der Waals surface area contributed by atoms with Gasteiger partial charge in [-0.25, -0.2) is 9.59 Å². The molecule has 0 fully saturated rings. The van der Waals surface area contributed by atoms with E-state index in [9.17, 15) is 9.59 Å². The third-order valence-electron chi connectivity index (χ3n) is 2.07. The van der Waals surface area contributed by atoms with Gasteiger partial charge in [-0.05, 0) is 12.8 Å². The van der Waals surface area contributed by atoms with E-state index < -0.39 is 18.0 Å². The van der Waals surface area contributed by atoms with Crippen molar-refractivity contribution in [3.05, 3.63) is 12.2 Å². The van der Waals surface area contributed by atoms with Gasteiger partial charge in [-0.2, -0.15) is 0 Å². The molecule has 16 heavy (non-hydrogen) atoms. The summed E-state index contributed by atoms with van der Waals surface area (Å²) in [4.78, 5) is 23.9. The van der Waals surface area contributed by atoms with Crippen molar-refractivity contribution in [2.75, 3.05) is 13.6 Å². The number of nitrogens with zero attached hydrogens (tertiary/aromatic N) is 1. The number of urea groups is 1. The third-order valence-corrected chi connectivity index (χ3v) is 2.07. The van der Waals surface area contributed by atoms with E-state index in [4.69, 9.17) is 5.11 Å². The first kappa shape index (κ1) is 14.5. The maximum atomic E-state index is 11.6. The monoisotopic (exact) mass is 228 g/mol. The second-order valence-electron chi connectivity index (χ2n) is 4.32. The third kappa shape index (κ3) is 4.82. The molecule has 0 aliphatic rings. The van der Waals surface area contributed by atoms with Gasteiger partial charge in [-0.15, -0.1) is 0 Å². The Bertz CT molecular complexity index is 287. The van der Waals surface area contributed by atoms with Crippen LogP contribution in [0.25, 0.3) is 0 Å². The van der Waals surface area contributed by atoms with Crippen LogP contribution in [0.15, 0.2) is 12.2 Å². The number of carbonyl (C=O) groups is 2. The largest absolute Gasteiger partial charge is 0.480 e. The van der Waals surface area contributed by atoms with Crippen LogP contribution < -0.4 is 5.32 Å². The summed E-state index contributed by atoms with van der Waals surface area (Å²) in [5.41, 5.74) is 0.842. The quantitative estimate of drug-likeness (QED) is 0.697. The van der Waals surface area contributed by atoms with Crippen molar-refractivity contribution in [1.29, 1.82) is 0 Å². The maximum Gasteiger partial charge on any atom is 0.326 e. The molecule has 0 rings (SSSR count). The van der Waals surface area contributed by atoms with Gasteiger partial charge in [0.05, 0.1) is 0 Å². The van der Waals surface area contributed by atoms with Crippen LogP contribution in [0, 0.1) is 5.92 Å². The lowest BCUT2D eigenvalue weighted by Crippen LogP contribution is -2.49. The molecule has 0 aliphatic heterocycles. The van der Waals surface area contributed by atoms with Gasteiger partial charge in [-0.1, -0.05) is 26.0 Å². The minimum absolute atomic E-state index is 0.153. The van der Waals surface area contributed by atoms with Crippen LogP contribution in [0.4, 0.5) is 4.79 Å². The second-order valence-corrected chi connectivity index (χ2v) is 4.32. The molecule has 0 saturated heterocycles. The minimum atomic E-state index is -1.02. The number of aliphatic carboxylic acids is 1. The Morgan fingerprint density at radius 1 is 1.44 bits per heavy atom. The summed E-state index contributed by atoms with van der Waals surface area (Å²) in [5, 5.41) is 11.4. The first-order valence-corrected chi connectivity index (χ1v) is 5.14. The van der Waals surface area contributed by atoms with E-state index in [1.165, 1.54) is 4.90 Å². The number of carbonyl (C=O) groups excluding carboxylic acids is 1. The van der Waals surface area contributed by atoms with Crippen LogP contribution in [-0.4, -0.2) is 41.6 Å². The highest BCUT2D eigenvalue weighted by Gasteiger charge is 2.24. The summed E-state index contributed by atoms with van der Waals surface area (Å²) in [7, 11) is 1.60. The van der Waals surface area contributed by atoms with Crippen LogP contribution in [-0.2, 0) is 4.79 Å². The SMILES string of the molecule is C=C(C)CN(C)C(=O)N[C@@H](C(=O)O)C(C)C. The van der Waals surface area contributed by atoms with Crippen LogP contribution in [0.5, 0.6) is 0 Å². The first-order chi connectivity index (χ1) is 7.25. The Kier molecular flexibility index (Phi) is 5.56. The van der Waals surface area contributed by atoms with E-state index in [0.29, 0.717) is 6.54 Å². The van der Waals surface area contributed by atoms with Gasteiger partial charge in [0.1, 0.15) is 6.04 Å². The van der Waals surface area contributed by atoms with Crippen molar-refractivity contribution >= 4 is 12.0 Å². The number of amides is 2. The molecule has 0 spiro atoms. The fourth-order valence-corrected chi connectivity index (χ4v) is 1.23. The Labute approximate surface area is 96.1 Å². The number of rotatable bonds is 5. The molecule has 2 amide bonds. The van der Waals surface area contributed by atoms with E-state index in [0.717, 1.165) is 5.57 Å². The van der Waals surface area contributed by atoms with Crippen LogP contribution in [0.1, 0.15) is 20.8 Å². The molecule has 1 atom stereocenters. The Balaban J connectivity index is 4.40. The van der Waals surface area contributed by atoms with Crippen molar-refractivity contribution in [3.63, 3.8) is 0 Å². The fraction of sp³-hybridized carbons (Fsp3) is 0.636. The number of hydrogen-bond acceptors (Lipinski definition) is 2. The molecule has 0 saturated carbocycles. The molecule has 0 unspecified atom stereocenters. The van der Waals surface area contributed by atoms with Crippen LogP contribution in [0.2, 0.25) is 0 Å². The highest BCUT2D eigenvalue weighted by atomic mass is 16.4. The van der Waals surface area contributed by atoms with E-state index in [1.807, 2.05) is 0 Å². The Morgan fingerprint density at radius 2 is 1.94 bits per heavy atom. The normalized spacial score (nSPS) is 12.1. The van der Waals surface area contributed by atoms with Gasteiger partial charge in [-0.3, -0.25) is 0 Å². The van der Waals surface area contributed by atoms with Crippen molar-refractivity contribution < 1.29 is 14.7 Å².